The van der Waals surface area contributed by atoms with Gasteiger partial charge in [0.05, 0.1) is 0 Å². The summed E-state index contributed by atoms with van der Waals surface area (Å²) in [7, 11) is -0.0869. The summed E-state index contributed by atoms with van der Waals surface area (Å²) in [5, 5.41) is 4.21. The van der Waals surface area contributed by atoms with Crippen LogP contribution in [0.5, 0.6) is 0 Å². The SMILES string of the molecule is CSP(C)N1CCc2cc(-c3noc(CCc4ccc(Br)cc4)n3)ccc2C1. The molecule has 0 spiro atoms. The first-order chi connectivity index (χ1) is 13.6. The summed E-state index contributed by atoms with van der Waals surface area (Å²) in [5.41, 5.74) is 5.16. The van der Waals surface area contributed by atoms with E-state index in [0.717, 1.165) is 42.4 Å². The average Bonchev–Trinajstić information content (AvgIpc) is 3.21. The third-order valence-electron chi connectivity index (χ3n) is 5.13. The zero-order chi connectivity index (χ0) is 19.5. The van der Waals surface area contributed by atoms with Gasteiger partial charge >= 0.3 is 0 Å². The number of aromatic nitrogens is 2. The van der Waals surface area contributed by atoms with E-state index in [2.05, 4.69) is 86.1 Å². The van der Waals surface area contributed by atoms with Crippen LogP contribution in [-0.2, 0) is 25.8 Å². The van der Waals surface area contributed by atoms with E-state index in [-0.39, 0.29) is 7.27 Å². The molecule has 2 heterocycles. The molecule has 0 radical (unpaired) electrons. The minimum Gasteiger partial charge on any atom is -0.339 e. The smallest absolute Gasteiger partial charge is 0.227 e. The average molecular weight is 476 g/mol. The third-order valence-corrected chi connectivity index (χ3v) is 9.60. The first-order valence-corrected chi connectivity index (χ1v) is 13.7. The Bertz CT molecular complexity index is 947. The summed E-state index contributed by atoms with van der Waals surface area (Å²) in [6.07, 6.45) is 4.94. The summed E-state index contributed by atoms with van der Waals surface area (Å²) >= 11 is 5.44. The van der Waals surface area contributed by atoms with Gasteiger partial charge in [-0.1, -0.05) is 45.4 Å². The van der Waals surface area contributed by atoms with E-state index in [0.29, 0.717) is 11.7 Å². The number of hydrogen-bond acceptors (Lipinski definition) is 5. The van der Waals surface area contributed by atoms with Crippen molar-refractivity contribution in [3.05, 3.63) is 69.5 Å². The quantitative estimate of drug-likeness (QED) is 0.412. The highest BCUT2D eigenvalue weighted by Crippen LogP contribution is 2.49. The number of aryl methyl sites for hydroxylation is 2. The minimum absolute atomic E-state index is 0.0869. The van der Waals surface area contributed by atoms with Crippen LogP contribution in [-0.4, -0.2) is 34.3 Å². The van der Waals surface area contributed by atoms with Crippen LogP contribution in [0.15, 0.2) is 51.5 Å². The second-order valence-corrected chi connectivity index (χ2v) is 12.4. The van der Waals surface area contributed by atoms with Gasteiger partial charge in [-0.15, -0.1) is 11.4 Å². The van der Waals surface area contributed by atoms with E-state index < -0.39 is 0 Å². The van der Waals surface area contributed by atoms with Crippen molar-refractivity contribution < 1.29 is 4.52 Å². The summed E-state index contributed by atoms with van der Waals surface area (Å²) in [4.78, 5) is 4.62. The lowest BCUT2D eigenvalue weighted by Gasteiger charge is -2.32. The molecule has 0 bridgehead atoms. The summed E-state index contributed by atoms with van der Waals surface area (Å²) in [5.74, 6) is 1.39. The van der Waals surface area contributed by atoms with Gasteiger partial charge in [-0.05, 0) is 60.7 Å². The van der Waals surface area contributed by atoms with Crippen molar-refractivity contribution >= 4 is 34.6 Å². The van der Waals surface area contributed by atoms with Gasteiger partial charge in [0.15, 0.2) is 0 Å². The molecule has 28 heavy (non-hydrogen) atoms. The van der Waals surface area contributed by atoms with Crippen LogP contribution in [0.1, 0.15) is 22.6 Å². The number of benzene rings is 2. The van der Waals surface area contributed by atoms with Crippen molar-refractivity contribution in [2.24, 2.45) is 0 Å². The number of hydrogen-bond donors (Lipinski definition) is 0. The zero-order valence-electron chi connectivity index (χ0n) is 16.1. The topological polar surface area (TPSA) is 42.2 Å². The second-order valence-electron chi connectivity index (χ2n) is 6.91. The van der Waals surface area contributed by atoms with E-state index >= 15 is 0 Å². The van der Waals surface area contributed by atoms with Crippen LogP contribution in [0.3, 0.4) is 0 Å². The molecular formula is C21H23BrN3OPS. The molecule has 3 aromatic rings. The third kappa shape index (κ3) is 4.68. The largest absolute Gasteiger partial charge is 0.339 e. The predicted molar refractivity (Wildman–Crippen MR) is 122 cm³/mol. The Balaban J connectivity index is 1.43. The lowest BCUT2D eigenvalue weighted by molar-refractivity contribution is 0.379. The molecule has 1 atom stereocenters. The van der Waals surface area contributed by atoms with Crippen molar-refractivity contribution in [3.63, 3.8) is 0 Å². The normalized spacial score (nSPS) is 15.4. The van der Waals surface area contributed by atoms with E-state index in [1.165, 1.54) is 16.7 Å². The molecule has 1 aromatic heterocycles. The summed E-state index contributed by atoms with van der Waals surface area (Å²) in [6.45, 7) is 4.52. The van der Waals surface area contributed by atoms with Crippen molar-refractivity contribution in [1.29, 1.82) is 0 Å². The van der Waals surface area contributed by atoms with Crippen LogP contribution < -0.4 is 0 Å². The van der Waals surface area contributed by atoms with Gasteiger partial charge < -0.3 is 4.52 Å². The number of fused-ring (bicyclic) bond motifs is 1. The molecule has 4 rings (SSSR count). The number of nitrogens with zero attached hydrogens (tertiary/aromatic N) is 3. The predicted octanol–water partition coefficient (Wildman–Crippen LogP) is 5.95. The Hall–Kier alpha value is -1.20. The van der Waals surface area contributed by atoms with Crippen LogP contribution in [0.2, 0.25) is 0 Å². The molecule has 1 aliphatic heterocycles. The van der Waals surface area contributed by atoms with Crippen molar-refractivity contribution in [3.8, 4) is 11.4 Å². The van der Waals surface area contributed by atoms with E-state index in [9.17, 15) is 0 Å². The highest BCUT2D eigenvalue weighted by atomic mass is 79.9. The molecule has 0 fully saturated rings. The Morgan fingerprint density at radius 1 is 1.14 bits per heavy atom. The molecule has 1 aliphatic rings. The van der Waals surface area contributed by atoms with E-state index in [1.807, 2.05) is 11.4 Å². The maximum atomic E-state index is 5.49. The van der Waals surface area contributed by atoms with Gasteiger partial charge in [0.2, 0.25) is 11.7 Å². The molecule has 0 saturated carbocycles. The van der Waals surface area contributed by atoms with Crippen LogP contribution in [0.25, 0.3) is 11.4 Å². The van der Waals surface area contributed by atoms with Gasteiger partial charge in [-0.25, -0.2) is 0 Å². The van der Waals surface area contributed by atoms with Gasteiger partial charge in [0.1, 0.15) is 0 Å². The molecule has 0 aliphatic carbocycles. The number of rotatable bonds is 6. The fourth-order valence-corrected chi connectivity index (χ4v) is 5.75. The molecule has 146 valence electrons. The van der Waals surface area contributed by atoms with Crippen LogP contribution in [0, 0.1) is 0 Å². The van der Waals surface area contributed by atoms with Gasteiger partial charge in [0.25, 0.3) is 0 Å². The molecule has 0 N–H and O–H groups in total. The molecule has 0 saturated heterocycles. The Morgan fingerprint density at radius 2 is 1.96 bits per heavy atom. The van der Waals surface area contributed by atoms with Crippen molar-refractivity contribution in [1.82, 2.24) is 14.8 Å². The van der Waals surface area contributed by atoms with Gasteiger partial charge in [0, 0.05) is 36.8 Å². The molecule has 7 heteroatoms. The maximum absolute atomic E-state index is 5.49. The van der Waals surface area contributed by atoms with Crippen molar-refractivity contribution in [2.45, 2.75) is 25.8 Å². The van der Waals surface area contributed by atoms with Crippen LogP contribution >= 0.6 is 34.6 Å². The molecule has 2 aromatic carbocycles. The van der Waals surface area contributed by atoms with Crippen LogP contribution in [0.4, 0.5) is 0 Å². The Morgan fingerprint density at radius 3 is 2.75 bits per heavy atom. The molecule has 0 amide bonds. The minimum atomic E-state index is -0.0869. The highest BCUT2D eigenvalue weighted by Gasteiger charge is 2.21. The standard InChI is InChI=1S/C21H23BrN3OPS/c1-27(28-2)25-12-11-16-13-17(6-7-18(16)14-25)21-23-20(26-24-21)10-5-15-3-8-19(22)9-4-15/h3-4,6-9,13H,5,10-12,14H2,1-2H3. The highest BCUT2D eigenvalue weighted by molar-refractivity contribution is 9.10. The van der Waals surface area contributed by atoms with E-state index in [1.54, 1.807) is 0 Å². The lowest BCUT2D eigenvalue weighted by atomic mass is 9.98. The molecular weight excluding hydrogens is 453 g/mol. The first-order valence-electron chi connectivity index (χ1n) is 9.34. The fourth-order valence-electron chi connectivity index (χ4n) is 3.41. The number of halogens is 1. The fraction of sp³-hybridized carbons (Fsp3) is 0.333. The molecule has 4 nitrogen and oxygen atoms in total. The lowest BCUT2D eigenvalue weighted by Crippen LogP contribution is -2.25. The second kappa shape index (κ2) is 9.08. The monoisotopic (exact) mass is 475 g/mol. The zero-order valence-corrected chi connectivity index (χ0v) is 19.4. The van der Waals surface area contributed by atoms with E-state index in [4.69, 9.17) is 4.52 Å². The summed E-state index contributed by atoms with van der Waals surface area (Å²) < 4.78 is 9.18. The van der Waals surface area contributed by atoms with Gasteiger partial charge in [-0.3, -0.25) is 4.67 Å². The summed E-state index contributed by atoms with van der Waals surface area (Å²) in [6, 6.07) is 15.0. The van der Waals surface area contributed by atoms with Crippen molar-refractivity contribution in [2.75, 3.05) is 19.5 Å². The maximum Gasteiger partial charge on any atom is 0.227 e. The molecule has 1 unspecified atom stereocenters. The Kier molecular flexibility index (Phi) is 6.52. The Labute approximate surface area is 179 Å². The van der Waals surface area contributed by atoms with Gasteiger partial charge in [-0.2, -0.15) is 4.98 Å². The first kappa shape index (κ1) is 20.1.